The molecule has 0 saturated carbocycles. The molecule has 14 heavy (non-hydrogen) atoms. The van der Waals surface area contributed by atoms with Crippen molar-refractivity contribution < 1.29 is 9.53 Å². The third-order valence-corrected chi connectivity index (χ3v) is 2.08. The highest BCUT2D eigenvalue weighted by atomic mass is 32.1. The lowest BCUT2D eigenvalue weighted by atomic mass is 10.3. The van der Waals surface area contributed by atoms with Gasteiger partial charge >= 0.3 is 5.97 Å². The predicted molar refractivity (Wildman–Crippen MR) is 53.0 cm³/mol. The van der Waals surface area contributed by atoms with Crippen LogP contribution in [0.3, 0.4) is 0 Å². The number of thiocarbonyl (C=S) groups is 1. The van der Waals surface area contributed by atoms with E-state index in [0.717, 1.165) is 6.54 Å². The number of carbonyl (C=O) groups is 1. The maximum absolute atomic E-state index is 11.0. The second-order valence-corrected chi connectivity index (χ2v) is 2.96. The number of hydrogen-bond donors (Lipinski definition) is 1. The summed E-state index contributed by atoms with van der Waals surface area (Å²) < 4.78 is 4.43. The maximum Gasteiger partial charge on any atom is 0.350 e. The van der Waals surface area contributed by atoms with E-state index in [1.165, 1.54) is 13.3 Å². The molecule has 0 atom stereocenters. The number of hydrogen-bond acceptors (Lipinski definition) is 4. The van der Waals surface area contributed by atoms with Crippen LogP contribution in [0.25, 0.3) is 0 Å². The van der Waals surface area contributed by atoms with Gasteiger partial charge in [-0.25, -0.2) is 4.79 Å². The van der Waals surface area contributed by atoms with Crippen LogP contribution in [0, 0.1) is 11.3 Å². The molecular formula is C8H9N3O2S. The van der Waals surface area contributed by atoms with Crippen molar-refractivity contribution in [1.29, 1.82) is 5.26 Å². The van der Waals surface area contributed by atoms with Crippen LogP contribution in [0.4, 0.5) is 0 Å². The lowest BCUT2D eigenvalue weighted by Crippen LogP contribution is -2.24. The van der Waals surface area contributed by atoms with Crippen LogP contribution in [0.1, 0.15) is 0 Å². The second-order valence-electron chi connectivity index (χ2n) is 2.57. The summed E-state index contributed by atoms with van der Waals surface area (Å²) in [6.07, 6.45) is 1.40. The van der Waals surface area contributed by atoms with Gasteiger partial charge in [-0.05, 0) is 12.2 Å². The van der Waals surface area contributed by atoms with Gasteiger partial charge in [-0.3, -0.25) is 0 Å². The molecule has 74 valence electrons. The van der Waals surface area contributed by atoms with Crippen molar-refractivity contribution in [2.45, 2.75) is 0 Å². The SMILES string of the molecule is COC(=O)/C(C#N)=C/N1CCNC1=S. The van der Waals surface area contributed by atoms with Gasteiger partial charge in [0.15, 0.2) is 10.7 Å². The first-order chi connectivity index (χ1) is 6.69. The van der Waals surface area contributed by atoms with Gasteiger partial charge in [0.2, 0.25) is 0 Å². The van der Waals surface area contributed by atoms with E-state index in [1.807, 2.05) is 0 Å². The van der Waals surface area contributed by atoms with Crippen molar-refractivity contribution in [3.05, 3.63) is 11.8 Å². The largest absolute Gasteiger partial charge is 0.465 e. The molecule has 1 aliphatic rings. The minimum absolute atomic E-state index is 0.0569. The Balaban J connectivity index is 2.79. The van der Waals surface area contributed by atoms with E-state index < -0.39 is 5.97 Å². The first kappa shape index (κ1) is 10.5. The van der Waals surface area contributed by atoms with Gasteiger partial charge in [0, 0.05) is 19.3 Å². The van der Waals surface area contributed by atoms with Gasteiger partial charge in [0.25, 0.3) is 0 Å². The fourth-order valence-electron chi connectivity index (χ4n) is 1.00. The molecule has 1 rings (SSSR count). The number of rotatable bonds is 2. The molecule has 5 nitrogen and oxygen atoms in total. The van der Waals surface area contributed by atoms with Gasteiger partial charge in [-0.15, -0.1) is 0 Å². The Morgan fingerprint density at radius 3 is 3.00 bits per heavy atom. The molecule has 0 spiro atoms. The molecule has 0 aromatic heterocycles. The van der Waals surface area contributed by atoms with Crippen LogP contribution in [-0.2, 0) is 9.53 Å². The van der Waals surface area contributed by atoms with E-state index >= 15 is 0 Å². The van der Waals surface area contributed by atoms with Crippen molar-refractivity contribution in [3.63, 3.8) is 0 Å². The molecule has 0 aromatic carbocycles. The van der Waals surface area contributed by atoms with Gasteiger partial charge < -0.3 is 15.0 Å². The summed E-state index contributed by atoms with van der Waals surface area (Å²) in [5.74, 6) is -0.651. The second kappa shape index (κ2) is 4.58. The predicted octanol–water partition coefficient (Wildman–Crippen LogP) is -0.243. The average Bonchev–Trinajstić information content (AvgIpc) is 2.59. The van der Waals surface area contributed by atoms with Crippen LogP contribution in [-0.4, -0.2) is 36.2 Å². The quantitative estimate of drug-likeness (QED) is 0.294. The number of methoxy groups -OCH3 is 1. The minimum Gasteiger partial charge on any atom is -0.465 e. The molecule has 1 heterocycles. The van der Waals surface area contributed by atoms with Crippen LogP contribution in [0.15, 0.2) is 11.8 Å². The number of esters is 1. The fourth-order valence-corrected chi connectivity index (χ4v) is 1.25. The van der Waals surface area contributed by atoms with Gasteiger partial charge in [-0.2, -0.15) is 5.26 Å². The Morgan fingerprint density at radius 2 is 2.57 bits per heavy atom. The van der Waals surface area contributed by atoms with Crippen molar-refractivity contribution in [2.24, 2.45) is 0 Å². The third-order valence-electron chi connectivity index (χ3n) is 1.70. The monoisotopic (exact) mass is 211 g/mol. The van der Waals surface area contributed by atoms with Gasteiger partial charge in [0.05, 0.1) is 7.11 Å². The molecule has 0 aliphatic carbocycles. The molecule has 1 saturated heterocycles. The van der Waals surface area contributed by atoms with Crippen LogP contribution < -0.4 is 5.32 Å². The van der Waals surface area contributed by atoms with Gasteiger partial charge in [-0.1, -0.05) is 0 Å². The van der Waals surface area contributed by atoms with E-state index in [4.69, 9.17) is 17.5 Å². The van der Waals surface area contributed by atoms with Crippen LogP contribution >= 0.6 is 12.2 Å². The normalized spacial score (nSPS) is 16.1. The zero-order chi connectivity index (χ0) is 10.6. The highest BCUT2D eigenvalue weighted by Crippen LogP contribution is 2.03. The molecule has 0 aromatic rings. The maximum atomic E-state index is 11.0. The van der Waals surface area contributed by atoms with Crippen LogP contribution in [0.2, 0.25) is 0 Å². The Labute approximate surface area is 86.9 Å². The van der Waals surface area contributed by atoms with Crippen molar-refractivity contribution >= 4 is 23.3 Å². The number of nitriles is 1. The zero-order valence-corrected chi connectivity index (χ0v) is 8.43. The number of nitrogens with one attached hydrogen (secondary N) is 1. The summed E-state index contributed by atoms with van der Waals surface area (Å²) >= 11 is 4.94. The molecule has 6 heteroatoms. The first-order valence-corrected chi connectivity index (χ1v) is 4.34. The molecule has 0 radical (unpaired) electrons. The van der Waals surface area contributed by atoms with E-state index in [0.29, 0.717) is 11.7 Å². The smallest absolute Gasteiger partial charge is 0.350 e. The molecule has 0 bridgehead atoms. The standard InChI is InChI=1S/C8H9N3O2S/c1-13-7(12)6(4-9)5-11-3-2-10-8(11)14/h5H,2-3H2,1H3,(H,10,14)/b6-5+. The van der Waals surface area contributed by atoms with E-state index in [9.17, 15) is 4.79 Å². The highest BCUT2D eigenvalue weighted by molar-refractivity contribution is 7.80. The summed E-state index contributed by atoms with van der Waals surface area (Å²) in [5.41, 5.74) is -0.0569. The number of nitrogens with zero attached hydrogens (tertiary/aromatic N) is 2. The summed E-state index contributed by atoms with van der Waals surface area (Å²) in [6.45, 7) is 1.37. The third kappa shape index (κ3) is 2.20. The molecular weight excluding hydrogens is 202 g/mol. The van der Waals surface area contributed by atoms with E-state index in [-0.39, 0.29) is 5.57 Å². The van der Waals surface area contributed by atoms with Gasteiger partial charge in [0.1, 0.15) is 6.07 Å². The first-order valence-electron chi connectivity index (χ1n) is 3.93. The number of ether oxygens (including phenoxy) is 1. The van der Waals surface area contributed by atoms with Crippen molar-refractivity contribution in [1.82, 2.24) is 10.2 Å². The minimum atomic E-state index is -0.651. The highest BCUT2D eigenvalue weighted by Gasteiger charge is 2.17. The molecule has 1 N–H and O–H groups in total. The zero-order valence-electron chi connectivity index (χ0n) is 7.61. The van der Waals surface area contributed by atoms with Crippen LogP contribution in [0.5, 0.6) is 0 Å². The Bertz CT molecular complexity index is 332. The number of carbonyl (C=O) groups excluding carboxylic acids is 1. The molecule has 0 unspecified atom stereocenters. The van der Waals surface area contributed by atoms with Crippen molar-refractivity contribution in [3.8, 4) is 6.07 Å². The molecule has 0 amide bonds. The van der Waals surface area contributed by atoms with Crippen molar-refractivity contribution in [2.75, 3.05) is 20.2 Å². The fraction of sp³-hybridized carbons (Fsp3) is 0.375. The Morgan fingerprint density at radius 1 is 1.86 bits per heavy atom. The molecule has 1 aliphatic heterocycles. The average molecular weight is 211 g/mol. The van der Waals surface area contributed by atoms with E-state index in [2.05, 4.69) is 10.1 Å². The summed E-state index contributed by atoms with van der Waals surface area (Å²) in [4.78, 5) is 12.7. The Kier molecular flexibility index (Phi) is 3.42. The lowest BCUT2D eigenvalue weighted by Gasteiger charge is -2.10. The summed E-state index contributed by atoms with van der Waals surface area (Å²) in [7, 11) is 1.23. The van der Waals surface area contributed by atoms with E-state index in [1.54, 1.807) is 11.0 Å². The topological polar surface area (TPSA) is 65.4 Å². The Hall–Kier alpha value is -1.61. The lowest BCUT2D eigenvalue weighted by molar-refractivity contribution is -0.135. The molecule has 1 fully saturated rings. The summed E-state index contributed by atoms with van der Waals surface area (Å²) in [6, 6.07) is 1.76. The summed E-state index contributed by atoms with van der Waals surface area (Å²) in [5, 5.41) is 12.1.